The number of imidazole rings is 2. The van der Waals surface area contributed by atoms with Crippen LogP contribution in [0.15, 0.2) is 24.9 Å². The zero-order valence-electron chi connectivity index (χ0n) is 14.4. The summed E-state index contributed by atoms with van der Waals surface area (Å²) in [6.45, 7) is 7.28. The molecule has 0 bridgehead atoms. The predicted octanol–water partition coefficient (Wildman–Crippen LogP) is 2.35. The molecule has 0 spiro atoms. The van der Waals surface area contributed by atoms with Crippen LogP contribution >= 0.6 is 0 Å². The fourth-order valence-corrected chi connectivity index (χ4v) is 3.22. The lowest BCUT2D eigenvalue weighted by Crippen LogP contribution is -2.44. The van der Waals surface area contributed by atoms with Crippen LogP contribution in [0.5, 0.6) is 0 Å². The van der Waals surface area contributed by atoms with Crippen LogP contribution in [-0.2, 0) is 13.1 Å². The number of piperidine rings is 1. The van der Waals surface area contributed by atoms with Crippen LogP contribution in [0.2, 0.25) is 0 Å². The normalized spacial score (nSPS) is 15.9. The van der Waals surface area contributed by atoms with Gasteiger partial charge in [-0.2, -0.15) is 0 Å². The van der Waals surface area contributed by atoms with Crippen LogP contribution in [0.1, 0.15) is 44.1 Å². The number of likely N-dealkylation sites (tertiary alicyclic amines) is 1. The molecule has 1 aliphatic rings. The molecule has 0 aromatic carbocycles. The van der Waals surface area contributed by atoms with E-state index in [1.807, 2.05) is 17.3 Å². The molecule has 1 fully saturated rings. The molecule has 7 heteroatoms. The summed E-state index contributed by atoms with van der Waals surface area (Å²) in [5.41, 5.74) is 1.17. The molecule has 2 N–H and O–H groups in total. The van der Waals surface area contributed by atoms with E-state index in [1.165, 1.54) is 5.69 Å². The molecule has 2 aromatic rings. The van der Waals surface area contributed by atoms with Crippen molar-refractivity contribution in [3.05, 3.63) is 36.4 Å². The van der Waals surface area contributed by atoms with Gasteiger partial charge in [-0.1, -0.05) is 13.8 Å². The molecule has 2 amide bonds. The summed E-state index contributed by atoms with van der Waals surface area (Å²) in [6, 6.07) is -0.00263. The molecule has 1 saturated heterocycles. The van der Waals surface area contributed by atoms with Crippen LogP contribution < -0.4 is 5.32 Å². The largest absolute Gasteiger partial charge is 0.348 e. The number of carbonyl (C=O) groups excluding carboxylic acids is 1. The molecule has 0 radical (unpaired) electrons. The number of rotatable bonds is 5. The first-order valence-corrected chi connectivity index (χ1v) is 8.64. The van der Waals surface area contributed by atoms with Crippen molar-refractivity contribution in [2.75, 3.05) is 13.1 Å². The summed E-state index contributed by atoms with van der Waals surface area (Å²) < 4.78 is 2.11. The average Bonchev–Trinajstić information content (AvgIpc) is 3.24. The molecule has 7 nitrogen and oxygen atoms in total. The summed E-state index contributed by atoms with van der Waals surface area (Å²) in [6.07, 6.45) is 9.30. The van der Waals surface area contributed by atoms with E-state index in [2.05, 4.69) is 38.7 Å². The Morgan fingerprint density at radius 1 is 1.42 bits per heavy atom. The van der Waals surface area contributed by atoms with Crippen molar-refractivity contribution in [1.29, 1.82) is 0 Å². The highest BCUT2D eigenvalue weighted by Crippen LogP contribution is 2.26. The van der Waals surface area contributed by atoms with Gasteiger partial charge in [0.1, 0.15) is 5.82 Å². The second-order valence-corrected chi connectivity index (χ2v) is 6.82. The topological polar surface area (TPSA) is 78.8 Å². The highest BCUT2D eigenvalue weighted by atomic mass is 16.2. The Kier molecular flexibility index (Phi) is 5.17. The van der Waals surface area contributed by atoms with Gasteiger partial charge in [0.25, 0.3) is 0 Å². The lowest BCUT2D eigenvalue weighted by Gasteiger charge is -2.31. The fourth-order valence-electron chi connectivity index (χ4n) is 3.22. The summed E-state index contributed by atoms with van der Waals surface area (Å²) >= 11 is 0. The van der Waals surface area contributed by atoms with Crippen LogP contribution in [0.3, 0.4) is 0 Å². The van der Waals surface area contributed by atoms with Gasteiger partial charge in [-0.15, -0.1) is 0 Å². The van der Waals surface area contributed by atoms with Crippen molar-refractivity contribution in [1.82, 2.24) is 29.7 Å². The van der Waals surface area contributed by atoms with Crippen LogP contribution in [-0.4, -0.2) is 43.5 Å². The second-order valence-electron chi connectivity index (χ2n) is 6.82. The van der Waals surface area contributed by atoms with Crippen LogP contribution in [0, 0.1) is 5.92 Å². The summed E-state index contributed by atoms with van der Waals surface area (Å²) in [5, 5.41) is 3.00. The summed E-state index contributed by atoms with van der Waals surface area (Å²) in [4.78, 5) is 25.9. The number of nitrogens with zero attached hydrogens (tertiary/aromatic N) is 4. The van der Waals surface area contributed by atoms with Gasteiger partial charge in [-0.05, 0) is 18.8 Å². The van der Waals surface area contributed by atoms with Gasteiger partial charge < -0.3 is 19.8 Å². The molecule has 0 saturated carbocycles. The first-order chi connectivity index (χ1) is 11.6. The molecule has 0 atom stereocenters. The molecule has 3 rings (SSSR count). The molecule has 0 aliphatic carbocycles. The lowest BCUT2D eigenvalue weighted by molar-refractivity contribution is 0.180. The van der Waals surface area contributed by atoms with Gasteiger partial charge in [0.2, 0.25) is 0 Å². The van der Waals surface area contributed by atoms with Crippen molar-refractivity contribution >= 4 is 6.03 Å². The third kappa shape index (κ3) is 3.96. The van der Waals surface area contributed by atoms with Crippen molar-refractivity contribution in [2.45, 2.75) is 45.7 Å². The van der Waals surface area contributed by atoms with E-state index in [0.29, 0.717) is 18.4 Å². The van der Waals surface area contributed by atoms with E-state index in [1.54, 1.807) is 12.5 Å². The van der Waals surface area contributed by atoms with E-state index in [4.69, 9.17) is 0 Å². The standard InChI is InChI=1S/C17H26N6O/c1-13(2)11-23-8-5-19-16(23)10-20-17(24)22-6-3-14(4-7-22)15-9-18-12-21-15/h5,8-9,12-14H,3-4,6-7,10-11H2,1-2H3,(H,18,21)(H,20,24). The number of aromatic nitrogens is 4. The van der Waals surface area contributed by atoms with E-state index in [9.17, 15) is 4.79 Å². The van der Waals surface area contributed by atoms with Gasteiger partial charge in [0.05, 0.1) is 12.9 Å². The second kappa shape index (κ2) is 7.51. The summed E-state index contributed by atoms with van der Waals surface area (Å²) in [5.74, 6) is 1.93. The molecular weight excluding hydrogens is 304 g/mol. The molecule has 3 heterocycles. The Morgan fingerprint density at radius 2 is 2.21 bits per heavy atom. The highest BCUT2D eigenvalue weighted by Gasteiger charge is 2.24. The Labute approximate surface area is 142 Å². The number of H-pyrrole nitrogens is 1. The van der Waals surface area contributed by atoms with E-state index in [0.717, 1.165) is 38.3 Å². The summed E-state index contributed by atoms with van der Waals surface area (Å²) in [7, 11) is 0. The first-order valence-electron chi connectivity index (χ1n) is 8.64. The highest BCUT2D eigenvalue weighted by molar-refractivity contribution is 5.74. The van der Waals surface area contributed by atoms with Crippen molar-refractivity contribution in [3.63, 3.8) is 0 Å². The van der Waals surface area contributed by atoms with Crippen LogP contribution in [0.25, 0.3) is 0 Å². The minimum Gasteiger partial charge on any atom is -0.348 e. The Balaban J connectivity index is 1.47. The van der Waals surface area contributed by atoms with Gasteiger partial charge >= 0.3 is 6.03 Å². The van der Waals surface area contributed by atoms with E-state index >= 15 is 0 Å². The molecular formula is C17H26N6O. The maximum absolute atomic E-state index is 12.4. The smallest absolute Gasteiger partial charge is 0.317 e. The van der Waals surface area contributed by atoms with Gasteiger partial charge in [0.15, 0.2) is 0 Å². The third-order valence-electron chi connectivity index (χ3n) is 4.50. The van der Waals surface area contributed by atoms with Crippen molar-refractivity contribution in [2.24, 2.45) is 5.92 Å². The predicted molar refractivity (Wildman–Crippen MR) is 91.4 cm³/mol. The number of aromatic amines is 1. The van der Waals surface area contributed by atoms with Gasteiger partial charge in [-0.3, -0.25) is 0 Å². The average molecular weight is 330 g/mol. The SMILES string of the molecule is CC(C)Cn1ccnc1CNC(=O)N1CCC(c2cnc[nH]2)CC1. The number of urea groups is 1. The molecule has 1 aliphatic heterocycles. The maximum atomic E-state index is 12.4. The number of carbonyl (C=O) groups is 1. The number of hydrogen-bond acceptors (Lipinski definition) is 3. The van der Waals surface area contributed by atoms with Gasteiger partial charge in [0, 0.05) is 49.8 Å². The number of amides is 2. The number of hydrogen-bond donors (Lipinski definition) is 2. The van der Waals surface area contributed by atoms with Crippen molar-refractivity contribution in [3.8, 4) is 0 Å². The first kappa shape index (κ1) is 16.5. The molecule has 0 unspecified atom stereocenters. The van der Waals surface area contributed by atoms with Crippen LogP contribution in [0.4, 0.5) is 4.79 Å². The quantitative estimate of drug-likeness (QED) is 0.883. The minimum absolute atomic E-state index is 0.00263. The fraction of sp³-hybridized carbons (Fsp3) is 0.588. The third-order valence-corrected chi connectivity index (χ3v) is 4.50. The maximum Gasteiger partial charge on any atom is 0.317 e. The minimum atomic E-state index is -0.00263. The van der Waals surface area contributed by atoms with E-state index in [-0.39, 0.29) is 6.03 Å². The molecule has 24 heavy (non-hydrogen) atoms. The number of nitrogens with one attached hydrogen (secondary N) is 2. The zero-order valence-corrected chi connectivity index (χ0v) is 14.4. The molecule has 2 aromatic heterocycles. The van der Waals surface area contributed by atoms with Crippen molar-refractivity contribution < 1.29 is 4.79 Å². The Bertz CT molecular complexity index is 640. The Hall–Kier alpha value is -2.31. The molecule has 130 valence electrons. The monoisotopic (exact) mass is 330 g/mol. The van der Waals surface area contributed by atoms with E-state index < -0.39 is 0 Å². The Morgan fingerprint density at radius 3 is 2.88 bits per heavy atom. The van der Waals surface area contributed by atoms with Gasteiger partial charge in [-0.25, -0.2) is 14.8 Å². The zero-order chi connectivity index (χ0) is 16.9. The lowest BCUT2D eigenvalue weighted by atomic mass is 9.94.